The van der Waals surface area contributed by atoms with Crippen molar-refractivity contribution in [3.8, 4) is 0 Å². The van der Waals surface area contributed by atoms with Gasteiger partial charge in [0, 0.05) is 11.5 Å². The van der Waals surface area contributed by atoms with E-state index in [0.29, 0.717) is 18.0 Å². The van der Waals surface area contributed by atoms with Crippen molar-refractivity contribution in [2.24, 2.45) is 12.1 Å². The number of aromatic nitrogens is 4. The van der Waals surface area contributed by atoms with Crippen LogP contribution in [0.3, 0.4) is 0 Å². The standard InChI is InChI=1S/C20H17BrN6O2/c1-26-17-16(18(28)24-20(26)29)27(12-14-7-9-15(21)10-8-14)19(23-17)25-22-11-13-5-3-2-4-6-13/h2-11H,12H2,1H3,(H,23,25)(H,24,28,29)/b22-11-. The van der Waals surface area contributed by atoms with Gasteiger partial charge in [0.1, 0.15) is 0 Å². The summed E-state index contributed by atoms with van der Waals surface area (Å²) in [6.07, 6.45) is 1.66. The lowest BCUT2D eigenvalue weighted by Gasteiger charge is -2.08. The SMILES string of the molecule is Cn1c(=O)[nH]c(=O)c2c1nc(N/N=C\c1ccccc1)n2Cc1ccc(Br)cc1. The van der Waals surface area contributed by atoms with Crippen LogP contribution in [0.1, 0.15) is 11.1 Å². The number of hydrogen-bond acceptors (Lipinski definition) is 5. The zero-order chi connectivity index (χ0) is 20.4. The quantitative estimate of drug-likeness (QED) is 0.359. The molecule has 8 nitrogen and oxygen atoms in total. The molecule has 0 saturated heterocycles. The van der Waals surface area contributed by atoms with E-state index in [4.69, 9.17) is 0 Å². The monoisotopic (exact) mass is 452 g/mol. The van der Waals surface area contributed by atoms with Gasteiger partial charge < -0.3 is 0 Å². The Labute approximate surface area is 173 Å². The van der Waals surface area contributed by atoms with Gasteiger partial charge in [-0.1, -0.05) is 58.4 Å². The summed E-state index contributed by atoms with van der Waals surface area (Å²) in [4.78, 5) is 31.3. The maximum atomic E-state index is 12.5. The third kappa shape index (κ3) is 3.90. The molecule has 0 amide bonds. The summed E-state index contributed by atoms with van der Waals surface area (Å²) in [7, 11) is 1.56. The minimum Gasteiger partial charge on any atom is -0.298 e. The van der Waals surface area contributed by atoms with Crippen molar-refractivity contribution < 1.29 is 0 Å². The van der Waals surface area contributed by atoms with E-state index in [1.807, 2.05) is 54.6 Å². The number of hydrogen-bond donors (Lipinski definition) is 2. The summed E-state index contributed by atoms with van der Waals surface area (Å²) in [5.41, 5.74) is 4.36. The number of rotatable bonds is 5. The average Bonchev–Trinajstić information content (AvgIpc) is 3.08. The third-order valence-electron chi connectivity index (χ3n) is 4.44. The van der Waals surface area contributed by atoms with Crippen molar-refractivity contribution in [2.75, 3.05) is 5.43 Å². The molecule has 0 aliphatic heterocycles. The molecule has 0 atom stereocenters. The van der Waals surface area contributed by atoms with Crippen LogP contribution in [0, 0.1) is 0 Å². The number of nitrogens with one attached hydrogen (secondary N) is 2. The van der Waals surface area contributed by atoms with Crippen molar-refractivity contribution in [1.82, 2.24) is 19.1 Å². The predicted molar refractivity (Wildman–Crippen MR) is 116 cm³/mol. The summed E-state index contributed by atoms with van der Waals surface area (Å²) in [5.74, 6) is 0.363. The Morgan fingerprint density at radius 3 is 2.59 bits per heavy atom. The van der Waals surface area contributed by atoms with Crippen molar-refractivity contribution >= 4 is 39.3 Å². The Kier molecular flexibility index (Phi) is 5.13. The molecule has 0 saturated carbocycles. The van der Waals surface area contributed by atoms with Crippen molar-refractivity contribution in [2.45, 2.75) is 6.54 Å². The van der Waals surface area contributed by atoms with Crippen LogP contribution in [0.25, 0.3) is 11.2 Å². The molecule has 0 fully saturated rings. The largest absolute Gasteiger partial charge is 0.329 e. The van der Waals surface area contributed by atoms with E-state index >= 15 is 0 Å². The maximum Gasteiger partial charge on any atom is 0.329 e. The first-order chi connectivity index (χ1) is 14.0. The molecule has 4 rings (SSSR count). The van der Waals surface area contributed by atoms with Crippen molar-refractivity contribution in [1.29, 1.82) is 0 Å². The first-order valence-corrected chi connectivity index (χ1v) is 9.60. The summed E-state index contributed by atoms with van der Waals surface area (Å²) in [6.45, 7) is 0.383. The Morgan fingerprint density at radius 1 is 1.14 bits per heavy atom. The summed E-state index contributed by atoms with van der Waals surface area (Å²) < 4.78 is 3.97. The van der Waals surface area contributed by atoms with E-state index in [1.165, 1.54) is 4.57 Å². The van der Waals surface area contributed by atoms with Crippen LogP contribution < -0.4 is 16.7 Å². The van der Waals surface area contributed by atoms with Crippen LogP contribution in [-0.4, -0.2) is 25.3 Å². The Balaban J connectivity index is 1.79. The smallest absolute Gasteiger partial charge is 0.298 e. The summed E-state index contributed by atoms with van der Waals surface area (Å²) in [5, 5.41) is 4.24. The second kappa shape index (κ2) is 7.88. The number of benzene rings is 2. The third-order valence-corrected chi connectivity index (χ3v) is 4.97. The van der Waals surface area contributed by atoms with Gasteiger partial charge >= 0.3 is 5.69 Å². The van der Waals surface area contributed by atoms with Crippen LogP contribution in [0.15, 0.2) is 73.8 Å². The highest BCUT2D eigenvalue weighted by Gasteiger charge is 2.17. The van der Waals surface area contributed by atoms with Crippen LogP contribution in [0.2, 0.25) is 0 Å². The normalized spacial score (nSPS) is 11.4. The molecule has 4 aromatic rings. The lowest BCUT2D eigenvalue weighted by Crippen LogP contribution is -2.29. The Bertz CT molecular complexity index is 1300. The maximum absolute atomic E-state index is 12.5. The molecule has 2 heterocycles. The second-order valence-electron chi connectivity index (χ2n) is 6.42. The fraction of sp³-hybridized carbons (Fsp3) is 0.100. The number of nitrogens with zero attached hydrogens (tertiary/aromatic N) is 4. The lowest BCUT2D eigenvalue weighted by molar-refractivity contribution is 0.808. The minimum absolute atomic E-state index is 0.285. The number of H-pyrrole nitrogens is 1. The van der Waals surface area contributed by atoms with Crippen LogP contribution in [0.4, 0.5) is 5.95 Å². The fourth-order valence-corrected chi connectivity index (χ4v) is 3.21. The first kappa shape index (κ1) is 18.9. The molecule has 2 aromatic heterocycles. The lowest BCUT2D eigenvalue weighted by atomic mass is 10.2. The van der Waals surface area contributed by atoms with Gasteiger partial charge in [0.2, 0.25) is 5.95 Å². The molecular formula is C20H17BrN6O2. The molecule has 0 unspecified atom stereocenters. The van der Waals surface area contributed by atoms with E-state index in [1.54, 1.807) is 17.8 Å². The fourth-order valence-electron chi connectivity index (χ4n) is 2.95. The molecule has 146 valence electrons. The number of anilines is 1. The second-order valence-corrected chi connectivity index (χ2v) is 7.33. The molecule has 0 aliphatic rings. The van der Waals surface area contributed by atoms with Crippen molar-refractivity contribution in [3.05, 3.63) is 91.0 Å². The highest BCUT2D eigenvalue weighted by molar-refractivity contribution is 9.10. The van der Waals surface area contributed by atoms with E-state index in [0.717, 1.165) is 15.6 Å². The molecule has 0 spiro atoms. The molecule has 0 aliphatic carbocycles. The zero-order valence-corrected chi connectivity index (χ0v) is 17.0. The van der Waals surface area contributed by atoms with Crippen LogP contribution >= 0.6 is 15.9 Å². The number of imidazole rings is 1. The van der Waals surface area contributed by atoms with Gasteiger partial charge in [0.25, 0.3) is 5.56 Å². The van der Waals surface area contributed by atoms with Gasteiger partial charge in [-0.05, 0) is 23.3 Å². The molecule has 2 N–H and O–H groups in total. The van der Waals surface area contributed by atoms with Gasteiger partial charge in [0.05, 0.1) is 12.8 Å². The number of fused-ring (bicyclic) bond motifs is 1. The highest BCUT2D eigenvalue weighted by atomic mass is 79.9. The minimum atomic E-state index is -0.518. The van der Waals surface area contributed by atoms with Crippen LogP contribution in [-0.2, 0) is 13.6 Å². The molecule has 0 radical (unpaired) electrons. The van der Waals surface area contributed by atoms with Gasteiger partial charge in [-0.2, -0.15) is 10.1 Å². The highest BCUT2D eigenvalue weighted by Crippen LogP contribution is 2.19. The molecule has 29 heavy (non-hydrogen) atoms. The van der Waals surface area contributed by atoms with Gasteiger partial charge in [-0.25, -0.2) is 10.2 Å². The van der Waals surface area contributed by atoms with Crippen LogP contribution in [0.5, 0.6) is 0 Å². The van der Waals surface area contributed by atoms with E-state index in [2.05, 4.69) is 36.4 Å². The zero-order valence-electron chi connectivity index (χ0n) is 15.5. The van der Waals surface area contributed by atoms with E-state index in [-0.39, 0.29) is 5.65 Å². The first-order valence-electron chi connectivity index (χ1n) is 8.81. The summed E-state index contributed by atoms with van der Waals surface area (Å²) in [6, 6.07) is 17.3. The number of halogens is 1. The number of aryl methyl sites for hydroxylation is 1. The summed E-state index contributed by atoms with van der Waals surface area (Å²) >= 11 is 3.42. The average molecular weight is 453 g/mol. The number of hydrazone groups is 1. The Hall–Kier alpha value is -3.46. The molecular weight excluding hydrogens is 436 g/mol. The van der Waals surface area contributed by atoms with Crippen molar-refractivity contribution in [3.63, 3.8) is 0 Å². The Morgan fingerprint density at radius 2 is 1.86 bits per heavy atom. The van der Waals surface area contributed by atoms with E-state index < -0.39 is 11.2 Å². The predicted octanol–water partition coefficient (Wildman–Crippen LogP) is 2.68. The topological polar surface area (TPSA) is 97.1 Å². The van der Waals surface area contributed by atoms with E-state index in [9.17, 15) is 9.59 Å². The molecule has 0 bridgehead atoms. The van der Waals surface area contributed by atoms with Gasteiger partial charge in [-0.15, -0.1) is 0 Å². The van der Waals surface area contributed by atoms with Gasteiger partial charge in [-0.3, -0.25) is 18.9 Å². The van der Waals surface area contributed by atoms with Gasteiger partial charge in [0.15, 0.2) is 11.2 Å². The number of aromatic amines is 1. The molecule has 2 aromatic carbocycles. The molecule has 9 heteroatoms.